The molecule has 84 valence electrons. The minimum atomic E-state index is -1.08. The summed E-state index contributed by atoms with van der Waals surface area (Å²) in [6.45, 7) is 0. The van der Waals surface area contributed by atoms with Gasteiger partial charge in [-0.1, -0.05) is 0 Å². The van der Waals surface area contributed by atoms with E-state index < -0.39 is 12.0 Å². The molecule has 2 aromatic heterocycles. The maximum Gasteiger partial charge on any atom is 0.326 e. The van der Waals surface area contributed by atoms with Gasteiger partial charge in [-0.15, -0.1) is 11.3 Å². The van der Waals surface area contributed by atoms with Crippen molar-refractivity contribution in [3.63, 3.8) is 0 Å². The van der Waals surface area contributed by atoms with Gasteiger partial charge in [0.15, 0.2) is 5.13 Å². The van der Waals surface area contributed by atoms with Gasteiger partial charge in [-0.3, -0.25) is 4.79 Å². The molecule has 1 atom stereocenters. The van der Waals surface area contributed by atoms with Gasteiger partial charge in [0.25, 0.3) is 0 Å². The van der Waals surface area contributed by atoms with E-state index in [4.69, 9.17) is 10.8 Å². The molecule has 2 rings (SSSR count). The number of aromatic nitrogens is 1. The van der Waals surface area contributed by atoms with Crippen molar-refractivity contribution < 1.29 is 9.90 Å². The predicted molar refractivity (Wildman–Crippen MR) is 64.3 cm³/mol. The van der Waals surface area contributed by atoms with E-state index in [0.29, 0.717) is 10.8 Å². The van der Waals surface area contributed by atoms with E-state index in [0.717, 1.165) is 5.69 Å². The summed E-state index contributed by atoms with van der Waals surface area (Å²) in [7, 11) is 0. The fourth-order valence-corrected chi connectivity index (χ4v) is 2.43. The van der Waals surface area contributed by atoms with Crippen LogP contribution in [0.2, 0.25) is 0 Å². The van der Waals surface area contributed by atoms with Gasteiger partial charge in [-0.25, -0.2) is 4.98 Å². The van der Waals surface area contributed by atoms with Crippen molar-refractivity contribution in [1.29, 1.82) is 0 Å². The highest BCUT2D eigenvalue weighted by Gasteiger charge is 2.17. The molecular formula is C9H9N3O2S2. The van der Waals surface area contributed by atoms with Crippen molar-refractivity contribution in [1.82, 2.24) is 4.98 Å². The minimum Gasteiger partial charge on any atom is -0.480 e. The normalized spacial score (nSPS) is 12.3. The zero-order chi connectivity index (χ0) is 11.5. The second-order valence-corrected chi connectivity index (χ2v) is 4.67. The molecular weight excluding hydrogens is 246 g/mol. The lowest BCUT2D eigenvalue weighted by atomic mass is 10.2. The summed E-state index contributed by atoms with van der Waals surface area (Å²) in [4.78, 5) is 14.8. The Kier molecular flexibility index (Phi) is 3.18. The fourth-order valence-electron chi connectivity index (χ4n) is 1.07. The van der Waals surface area contributed by atoms with E-state index in [-0.39, 0.29) is 0 Å². The number of carboxylic acid groups (broad SMARTS) is 1. The molecule has 4 N–H and O–H groups in total. The topological polar surface area (TPSA) is 88.2 Å². The number of aliphatic carboxylic acids is 1. The monoisotopic (exact) mass is 255 g/mol. The Morgan fingerprint density at radius 2 is 2.38 bits per heavy atom. The third kappa shape index (κ3) is 2.38. The Balaban J connectivity index is 2.11. The van der Waals surface area contributed by atoms with Crippen LogP contribution in [-0.2, 0) is 4.79 Å². The van der Waals surface area contributed by atoms with Crippen molar-refractivity contribution >= 4 is 39.5 Å². The van der Waals surface area contributed by atoms with Crippen LogP contribution in [0.5, 0.6) is 0 Å². The number of nitrogens with zero attached hydrogens (tertiary/aromatic N) is 1. The fraction of sp³-hybridized carbons (Fsp3) is 0.111. The molecule has 5 nitrogen and oxygen atoms in total. The van der Waals surface area contributed by atoms with Gasteiger partial charge in [0.05, 0.1) is 11.4 Å². The smallest absolute Gasteiger partial charge is 0.326 e. The predicted octanol–water partition coefficient (Wildman–Crippen LogP) is 2.03. The van der Waals surface area contributed by atoms with Crippen molar-refractivity contribution in [3.8, 4) is 0 Å². The van der Waals surface area contributed by atoms with Gasteiger partial charge < -0.3 is 16.2 Å². The number of nitrogens with one attached hydrogen (secondary N) is 1. The van der Waals surface area contributed by atoms with Crippen LogP contribution < -0.4 is 11.1 Å². The molecule has 1 unspecified atom stereocenters. The summed E-state index contributed by atoms with van der Waals surface area (Å²) in [6.07, 6.45) is 0. The highest BCUT2D eigenvalue weighted by molar-refractivity contribution is 7.14. The van der Waals surface area contributed by atoms with Gasteiger partial charge >= 0.3 is 5.97 Å². The molecule has 0 fully saturated rings. The number of anilines is 2. The second kappa shape index (κ2) is 4.60. The average Bonchev–Trinajstić information content (AvgIpc) is 2.88. The summed E-state index contributed by atoms with van der Waals surface area (Å²) in [5.74, 6) is -1.08. The van der Waals surface area contributed by atoms with E-state index in [2.05, 4.69) is 10.3 Å². The summed E-state index contributed by atoms with van der Waals surface area (Å²) in [5, 5.41) is 18.0. The first-order chi connectivity index (χ1) is 7.66. The van der Waals surface area contributed by atoms with Crippen molar-refractivity contribution in [2.45, 2.75) is 6.04 Å². The third-order valence-corrected chi connectivity index (χ3v) is 3.34. The lowest BCUT2D eigenvalue weighted by Crippen LogP contribution is -2.20. The zero-order valence-corrected chi connectivity index (χ0v) is 9.72. The molecule has 7 heteroatoms. The highest BCUT2D eigenvalue weighted by Crippen LogP contribution is 2.24. The molecule has 0 saturated heterocycles. The molecule has 0 radical (unpaired) electrons. The molecule has 2 heterocycles. The first kappa shape index (κ1) is 11.1. The lowest BCUT2D eigenvalue weighted by Gasteiger charge is -2.01. The maximum atomic E-state index is 10.6. The van der Waals surface area contributed by atoms with Crippen LogP contribution in [0.25, 0.3) is 0 Å². The summed E-state index contributed by atoms with van der Waals surface area (Å²) < 4.78 is 0. The molecule has 2 aromatic rings. The SMILES string of the molecule is NC(C(=O)O)c1csc(Nc2ccsc2)n1. The molecule has 0 amide bonds. The molecule has 0 aliphatic carbocycles. The van der Waals surface area contributed by atoms with Crippen LogP contribution in [0.3, 0.4) is 0 Å². The van der Waals surface area contributed by atoms with Crippen LogP contribution in [0.1, 0.15) is 11.7 Å². The molecule has 16 heavy (non-hydrogen) atoms. The van der Waals surface area contributed by atoms with Gasteiger partial charge in [-0.2, -0.15) is 11.3 Å². The Morgan fingerprint density at radius 3 is 3.00 bits per heavy atom. The van der Waals surface area contributed by atoms with E-state index in [1.807, 2.05) is 16.8 Å². The van der Waals surface area contributed by atoms with Gasteiger partial charge in [0, 0.05) is 10.8 Å². The lowest BCUT2D eigenvalue weighted by molar-refractivity contribution is -0.138. The maximum absolute atomic E-state index is 10.6. The van der Waals surface area contributed by atoms with Crippen LogP contribution in [0, 0.1) is 0 Å². The highest BCUT2D eigenvalue weighted by atomic mass is 32.1. The number of hydrogen-bond donors (Lipinski definition) is 3. The number of carboxylic acids is 1. The van der Waals surface area contributed by atoms with Crippen LogP contribution >= 0.6 is 22.7 Å². The number of hydrogen-bond acceptors (Lipinski definition) is 6. The number of rotatable bonds is 4. The van der Waals surface area contributed by atoms with Gasteiger partial charge in [0.1, 0.15) is 6.04 Å². The van der Waals surface area contributed by atoms with E-state index >= 15 is 0 Å². The van der Waals surface area contributed by atoms with Crippen LogP contribution in [-0.4, -0.2) is 16.1 Å². The Morgan fingerprint density at radius 1 is 1.56 bits per heavy atom. The van der Waals surface area contributed by atoms with E-state index in [1.165, 1.54) is 11.3 Å². The largest absolute Gasteiger partial charge is 0.480 e. The van der Waals surface area contributed by atoms with Crippen LogP contribution in [0.15, 0.2) is 22.2 Å². The van der Waals surface area contributed by atoms with Gasteiger partial charge in [0.2, 0.25) is 0 Å². The van der Waals surface area contributed by atoms with Gasteiger partial charge in [-0.05, 0) is 11.4 Å². The van der Waals surface area contributed by atoms with Crippen molar-refractivity contribution in [2.75, 3.05) is 5.32 Å². The second-order valence-electron chi connectivity index (χ2n) is 3.03. The summed E-state index contributed by atoms with van der Waals surface area (Å²) in [6, 6.07) is 0.859. The first-order valence-corrected chi connectivity index (χ1v) is 6.22. The Hall–Kier alpha value is -1.44. The Bertz CT molecular complexity index is 481. The quantitative estimate of drug-likeness (QED) is 0.778. The number of thiazole rings is 1. The molecule has 0 saturated carbocycles. The molecule has 0 aliphatic heterocycles. The number of nitrogens with two attached hydrogens (primary N) is 1. The minimum absolute atomic E-state index is 0.371. The standard InChI is InChI=1S/C9H9N3O2S2/c10-7(8(13)14)6-4-16-9(12-6)11-5-1-2-15-3-5/h1-4,7H,10H2,(H,11,12)(H,13,14). The number of thiophene rings is 1. The molecule has 0 bridgehead atoms. The molecule has 0 aliphatic rings. The van der Waals surface area contributed by atoms with E-state index in [9.17, 15) is 4.79 Å². The summed E-state index contributed by atoms with van der Waals surface area (Å²) in [5.41, 5.74) is 6.75. The average molecular weight is 255 g/mol. The first-order valence-electron chi connectivity index (χ1n) is 4.40. The van der Waals surface area contributed by atoms with Crippen molar-refractivity contribution in [3.05, 3.63) is 27.9 Å². The zero-order valence-electron chi connectivity index (χ0n) is 8.08. The molecule has 0 aromatic carbocycles. The third-order valence-electron chi connectivity index (χ3n) is 1.88. The number of carbonyl (C=O) groups is 1. The molecule has 0 spiro atoms. The van der Waals surface area contributed by atoms with Crippen LogP contribution in [0.4, 0.5) is 10.8 Å². The summed E-state index contributed by atoms with van der Waals surface area (Å²) >= 11 is 2.90. The Labute approximate surface area is 99.6 Å². The van der Waals surface area contributed by atoms with E-state index in [1.54, 1.807) is 16.7 Å². The van der Waals surface area contributed by atoms with Crippen molar-refractivity contribution in [2.24, 2.45) is 5.73 Å².